The molecule has 0 saturated heterocycles. The summed E-state index contributed by atoms with van der Waals surface area (Å²) in [6.45, 7) is 0.716. The van der Waals surface area contributed by atoms with Gasteiger partial charge >= 0.3 is 0 Å². The molecule has 3 aromatic rings. The number of anilines is 2. The Bertz CT molecular complexity index is 913. The molecule has 28 heavy (non-hydrogen) atoms. The minimum Gasteiger partial charge on any atom is -0.497 e. The fraction of sp³-hybridized carbons (Fsp3) is 0.158. The number of aromatic nitrogens is 2. The van der Waals surface area contributed by atoms with Crippen LogP contribution in [0.15, 0.2) is 53.9 Å². The van der Waals surface area contributed by atoms with Crippen LogP contribution in [0.5, 0.6) is 5.75 Å². The van der Waals surface area contributed by atoms with Gasteiger partial charge in [0.1, 0.15) is 5.75 Å². The molecule has 3 N–H and O–H groups in total. The van der Waals surface area contributed by atoms with Crippen LogP contribution >= 0.6 is 23.8 Å². The van der Waals surface area contributed by atoms with Crippen LogP contribution in [0.2, 0.25) is 0 Å². The molecule has 3 rings (SSSR count). The highest BCUT2D eigenvalue weighted by atomic mass is 32.1. The molecule has 1 heterocycles. The maximum absolute atomic E-state index is 11.9. The van der Waals surface area contributed by atoms with E-state index in [9.17, 15) is 4.79 Å². The monoisotopic (exact) mass is 413 g/mol. The van der Waals surface area contributed by atoms with E-state index in [2.05, 4.69) is 25.5 Å². The van der Waals surface area contributed by atoms with Gasteiger partial charge in [-0.15, -0.1) is 5.10 Å². The van der Waals surface area contributed by atoms with Gasteiger partial charge < -0.3 is 20.7 Å². The molecule has 2 aromatic carbocycles. The highest BCUT2D eigenvalue weighted by Gasteiger charge is 2.08. The molecule has 0 spiro atoms. The molecule has 144 valence electrons. The van der Waals surface area contributed by atoms with Crippen molar-refractivity contribution in [1.82, 2.24) is 14.9 Å². The number of thiocarbonyl (C=S) groups is 1. The van der Waals surface area contributed by atoms with Crippen molar-refractivity contribution in [2.75, 3.05) is 24.3 Å². The number of carbonyl (C=O) groups is 1. The van der Waals surface area contributed by atoms with Crippen LogP contribution in [-0.2, 0) is 6.42 Å². The van der Waals surface area contributed by atoms with Gasteiger partial charge in [-0.2, -0.15) is 0 Å². The van der Waals surface area contributed by atoms with E-state index in [1.807, 2.05) is 36.4 Å². The summed E-state index contributed by atoms with van der Waals surface area (Å²) in [6.07, 6.45) is 0.849. The second-order valence-corrected chi connectivity index (χ2v) is 6.82. The maximum atomic E-state index is 11.9. The molecule has 9 heteroatoms. The van der Waals surface area contributed by atoms with Gasteiger partial charge in [-0.25, -0.2) is 0 Å². The van der Waals surface area contributed by atoms with E-state index in [1.54, 1.807) is 24.6 Å². The minimum absolute atomic E-state index is 0.287. The molecule has 1 aromatic heterocycles. The Hall–Kier alpha value is -3.04. The number of amides is 1. The van der Waals surface area contributed by atoms with Gasteiger partial charge in [0.2, 0.25) is 0 Å². The Morgan fingerprint density at radius 2 is 1.75 bits per heavy atom. The van der Waals surface area contributed by atoms with Crippen molar-refractivity contribution in [3.05, 3.63) is 65.2 Å². The average molecular weight is 414 g/mol. The molecule has 0 bridgehead atoms. The molecule has 0 radical (unpaired) electrons. The first kappa shape index (κ1) is 19.7. The van der Waals surface area contributed by atoms with Crippen molar-refractivity contribution in [1.29, 1.82) is 0 Å². The molecule has 7 nitrogen and oxygen atoms in total. The zero-order valence-electron chi connectivity index (χ0n) is 15.1. The van der Waals surface area contributed by atoms with E-state index in [0.29, 0.717) is 23.0 Å². The first-order valence-electron chi connectivity index (χ1n) is 8.50. The Morgan fingerprint density at radius 1 is 1.07 bits per heavy atom. The molecule has 0 unspecified atom stereocenters. The fourth-order valence-corrected chi connectivity index (χ4v) is 3.04. The lowest BCUT2D eigenvalue weighted by Gasteiger charge is -2.11. The van der Waals surface area contributed by atoms with E-state index in [-0.39, 0.29) is 5.91 Å². The van der Waals surface area contributed by atoms with Gasteiger partial charge in [0.15, 0.2) is 10.8 Å². The van der Waals surface area contributed by atoms with Crippen molar-refractivity contribution < 1.29 is 9.53 Å². The third kappa shape index (κ3) is 5.73. The molecule has 1 amide bonds. The van der Waals surface area contributed by atoms with Gasteiger partial charge in [0, 0.05) is 23.3 Å². The predicted octanol–water partition coefficient (Wildman–Crippen LogP) is 3.33. The molecular formula is C19H19N5O2S2. The Balaban J connectivity index is 1.43. The van der Waals surface area contributed by atoms with Crippen LogP contribution < -0.4 is 20.7 Å². The first-order chi connectivity index (χ1) is 13.6. The smallest absolute Gasteiger partial charge is 0.277 e. The third-order valence-corrected chi connectivity index (χ3v) is 4.60. The van der Waals surface area contributed by atoms with Crippen LogP contribution in [0, 0.1) is 0 Å². The highest BCUT2D eigenvalue weighted by molar-refractivity contribution is 7.80. The number of hydrogen-bond donors (Lipinski definition) is 3. The first-order valence-corrected chi connectivity index (χ1v) is 9.75. The van der Waals surface area contributed by atoms with Gasteiger partial charge in [-0.3, -0.25) is 4.79 Å². The second kappa shape index (κ2) is 9.77. The Morgan fingerprint density at radius 3 is 2.36 bits per heavy atom. The SMILES string of the molecule is COc1ccc(CCNC(=S)Nc2ccc(NC(=O)c3csnn3)cc2)cc1. The topological polar surface area (TPSA) is 88.2 Å². The number of hydrogen-bond acceptors (Lipinski definition) is 6. The molecule has 0 aliphatic rings. The van der Waals surface area contributed by atoms with E-state index >= 15 is 0 Å². The molecule has 0 saturated carbocycles. The number of benzene rings is 2. The van der Waals surface area contributed by atoms with Crippen molar-refractivity contribution >= 4 is 46.1 Å². The van der Waals surface area contributed by atoms with E-state index in [4.69, 9.17) is 17.0 Å². The zero-order chi connectivity index (χ0) is 19.8. The van der Waals surface area contributed by atoms with E-state index < -0.39 is 0 Å². The van der Waals surface area contributed by atoms with Gasteiger partial charge in [-0.05, 0) is 72.1 Å². The summed E-state index contributed by atoms with van der Waals surface area (Å²) < 4.78 is 8.83. The van der Waals surface area contributed by atoms with Crippen LogP contribution in [0.1, 0.15) is 16.1 Å². The standard InChI is InChI=1S/C19H19N5O2S2/c1-26-16-8-2-13(3-9-16)10-11-20-19(27)22-15-6-4-14(5-7-15)21-18(25)17-12-28-24-23-17/h2-9,12H,10-11H2,1H3,(H,21,25)(H2,20,22,27). The van der Waals surface area contributed by atoms with Crippen molar-refractivity contribution in [3.8, 4) is 5.75 Å². The quantitative estimate of drug-likeness (QED) is 0.512. The number of ether oxygens (including phenoxy) is 1. The molecule has 0 atom stereocenters. The van der Waals surface area contributed by atoms with Gasteiger partial charge in [0.25, 0.3) is 5.91 Å². The summed E-state index contributed by atoms with van der Waals surface area (Å²) in [4.78, 5) is 11.9. The molecule has 0 fully saturated rings. The average Bonchev–Trinajstić information content (AvgIpc) is 3.25. The normalized spacial score (nSPS) is 10.2. The summed E-state index contributed by atoms with van der Waals surface area (Å²) in [5.74, 6) is 0.557. The number of nitrogens with one attached hydrogen (secondary N) is 3. The summed E-state index contributed by atoms with van der Waals surface area (Å²) in [7, 11) is 1.65. The lowest BCUT2D eigenvalue weighted by molar-refractivity contribution is 0.102. The van der Waals surface area contributed by atoms with Crippen LogP contribution in [-0.4, -0.2) is 34.3 Å². The number of nitrogens with zero attached hydrogens (tertiary/aromatic N) is 2. The summed E-state index contributed by atoms with van der Waals surface area (Å²) in [5, 5.41) is 14.9. The predicted molar refractivity (Wildman–Crippen MR) is 115 cm³/mol. The lowest BCUT2D eigenvalue weighted by atomic mass is 10.1. The van der Waals surface area contributed by atoms with Gasteiger partial charge in [0.05, 0.1) is 7.11 Å². The van der Waals surface area contributed by atoms with Crippen LogP contribution in [0.3, 0.4) is 0 Å². The molecular weight excluding hydrogens is 394 g/mol. The Labute approximate surface area is 172 Å². The zero-order valence-corrected chi connectivity index (χ0v) is 16.8. The largest absolute Gasteiger partial charge is 0.497 e. The van der Waals surface area contributed by atoms with E-state index in [1.165, 1.54) is 5.56 Å². The summed E-state index contributed by atoms with van der Waals surface area (Å²) >= 11 is 6.46. The van der Waals surface area contributed by atoms with Crippen molar-refractivity contribution in [3.63, 3.8) is 0 Å². The molecule has 0 aliphatic heterocycles. The lowest BCUT2D eigenvalue weighted by Crippen LogP contribution is -2.30. The van der Waals surface area contributed by atoms with Crippen LogP contribution in [0.4, 0.5) is 11.4 Å². The maximum Gasteiger partial charge on any atom is 0.277 e. The van der Waals surface area contributed by atoms with Gasteiger partial charge in [-0.1, -0.05) is 16.6 Å². The summed E-state index contributed by atoms with van der Waals surface area (Å²) in [5.41, 5.74) is 3.00. The molecule has 0 aliphatic carbocycles. The van der Waals surface area contributed by atoms with Crippen LogP contribution in [0.25, 0.3) is 0 Å². The minimum atomic E-state index is -0.287. The second-order valence-electron chi connectivity index (χ2n) is 5.80. The van der Waals surface area contributed by atoms with Crippen molar-refractivity contribution in [2.45, 2.75) is 6.42 Å². The number of methoxy groups -OCH3 is 1. The van der Waals surface area contributed by atoms with Crippen molar-refractivity contribution in [2.24, 2.45) is 0 Å². The number of rotatable bonds is 7. The highest BCUT2D eigenvalue weighted by Crippen LogP contribution is 2.15. The fourth-order valence-electron chi connectivity index (χ4n) is 2.38. The third-order valence-electron chi connectivity index (χ3n) is 3.85. The van der Waals surface area contributed by atoms with E-state index in [0.717, 1.165) is 29.4 Å². The number of carbonyl (C=O) groups excluding carboxylic acids is 1. The summed E-state index contributed by atoms with van der Waals surface area (Å²) in [6, 6.07) is 15.2. The Kier molecular flexibility index (Phi) is 6.88.